The molecule has 1 atom stereocenters. The van der Waals surface area contributed by atoms with Crippen molar-refractivity contribution in [2.45, 2.75) is 17.1 Å². The van der Waals surface area contributed by atoms with Gasteiger partial charge in [-0.05, 0) is 85.3 Å². The van der Waals surface area contributed by atoms with E-state index in [1.165, 1.54) is 11.8 Å². The molecule has 0 bridgehead atoms. The summed E-state index contributed by atoms with van der Waals surface area (Å²) in [4.78, 5) is 39.6. The summed E-state index contributed by atoms with van der Waals surface area (Å²) < 4.78 is 0. The van der Waals surface area contributed by atoms with Crippen LogP contribution in [0.15, 0.2) is 114 Å². The third-order valence-corrected chi connectivity index (χ3v) is 7.19. The standard InChI is InChI=1S/C31H25Cl2N3O3S/c1-20(29(37)34-25-16-14-24(33)15-17-25)40-27-9-5-8-26(19-27)35-31(39)28(18-21-10-12-23(32)13-11-21)36-30(38)22-6-3-2-4-7-22/h2-20H,1H3,(H,34,37)(H,35,39)(H,36,38)/b28-18-. The maximum Gasteiger partial charge on any atom is 0.272 e. The van der Waals surface area contributed by atoms with Crippen LogP contribution in [0.2, 0.25) is 10.0 Å². The molecule has 0 fully saturated rings. The molecule has 0 aliphatic carbocycles. The second-order valence-electron chi connectivity index (χ2n) is 8.67. The van der Waals surface area contributed by atoms with Crippen molar-refractivity contribution in [3.63, 3.8) is 0 Å². The highest BCUT2D eigenvalue weighted by Crippen LogP contribution is 2.27. The molecule has 3 amide bonds. The van der Waals surface area contributed by atoms with Crippen LogP contribution in [0.3, 0.4) is 0 Å². The molecule has 0 spiro atoms. The number of halogens is 2. The van der Waals surface area contributed by atoms with E-state index >= 15 is 0 Å². The highest BCUT2D eigenvalue weighted by Gasteiger charge is 2.17. The van der Waals surface area contributed by atoms with Crippen LogP contribution in [0.5, 0.6) is 0 Å². The number of amides is 3. The molecule has 4 rings (SSSR count). The Morgan fingerprint density at radius 1 is 0.750 bits per heavy atom. The zero-order valence-corrected chi connectivity index (χ0v) is 23.7. The molecular weight excluding hydrogens is 565 g/mol. The number of carbonyl (C=O) groups is 3. The lowest BCUT2D eigenvalue weighted by molar-refractivity contribution is -0.115. The second kappa shape index (κ2) is 13.8. The Kier molecular flexibility index (Phi) is 10.0. The summed E-state index contributed by atoms with van der Waals surface area (Å²) in [5.41, 5.74) is 2.33. The van der Waals surface area contributed by atoms with Gasteiger partial charge in [-0.25, -0.2) is 0 Å². The van der Waals surface area contributed by atoms with Gasteiger partial charge < -0.3 is 16.0 Å². The Bertz CT molecular complexity index is 1530. The molecule has 6 nitrogen and oxygen atoms in total. The van der Waals surface area contributed by atoms with Crippen molar-refractivity contribution >= 4 is 70.1 Å². The third kappa shape index (κ3) is 8.48. The molecule has 4 aromatic carbocycles. The normalized spacial score (nSPS) is 11.8. The molecule has 0 radical (unpaired) electrons. The summed E-state index contributed by atoms with van der Waals surface area (Å²) in [6, 6.07) is 29.6. The Balaban J connectivity index is 1.47. The molecule has 202 valence electrons. The van der Waals surface area contributed by atoms with Crippen molar-refractivity contribution < 1.29 is 14.4 Å². The first-order chi connectivity index (χ1) is 19.3. The summed E-state index contributed by atoms with van der Waals surface area (Å²) in [5.74, 6) is -1.09. The fourth-order valence-electron chi connectivity index (χ4n) is 3.55. The summed E-state index contributed by atoms with van der Waals surface area (Å²) in [7, 11) is 0. The lowest BCUT2D eigenvalue weighted by Crippen LogP contribution is -2.30. The highest BCUT2D eigenvalue weighted by atomic mass is 35.5. The maximum absolute atomic E-state index is 13.3. The van der Waals surface area contributed by atoms with Crippen LogP contribution in [-0.2, 0) is 9.59 Å². The number of carbonyl (C=O) groups excluding carboxylic acids is 3. The van der Waals surface area contributed by atoms with Crippen LogP contribution < -0.4 is 16.0 Å². The van der Waals surface area contributed by atoms with E-state index in [9.17, 15) is 14.4 Å². The van der Waals surface area contributed by atoms with Gasteiger partial charge in [0, 0.05) is 31.9 Å². The molecule has 0 heterocycles. The van der Waals surface area contributed by atoms with Crippen molar-refractivity contribution in [1.29, 1.82) is 0 Å². The van der Waals surface area contributed by atoms with Crippen molar-refractivity contribution in [3.05, 3.63) is 130 Å². The molecule has 3 N–H and O–H groups in total. The molecular formula is C31H25Cl2N3O3S. The van der Waals surface area contributed by atoms with Crippen LogP contribution in [0.4, 0.5) is 11.4 Å². The summed E-state index contributed by atoms with van der Waals surface area (Å²) in [5, 5.41) is 9.16. The van der Waals surface area contributed by atoms with Gasteiger partial charge in [0.15, 0.2) is 0 Å². The van der Waals surface area contributed by atoms with Gasteiger partial charge in [-0.2, -0.15) is 0 Å². The van der Waals surface area contributed by atoms with Gasteiger partial charge in [-0.3, -0.25) is 14.4 Å². The van der Waals surface area contributed by atoms with Crippen molar-refractivity contribution in [1.82, 2.24) is 5.32 Å². The molecule has 1 unspecified atom stereocenters. The monoisotopic (exact) mass is 589 g/mol. The zero-order valence-electron chi connectivity index (χ0n) is 21.4. The van der Waals surface area contributed by atoms with Crippen molar-refractivity contribution in [3.8, 4) is 0 Å². The number of nitrogens with one attached hydrogen (secondary N) is 3. The SMILES string of the molecule is CC(Sc1cccc(NC(=O)/C(=C/c2ccc(Cl)cc2)NC(=O)c2ccccc2)c1)C(=O)Nc1ccc(Cl)cc1. The number of anilines is 2. The van der Waals surface area contributed by atoms with E-state index in [1.54, 1.807) is 110 Å². The largest absolute Gasteiger partial charge is 0.325 e. The molecule has 40 heavy (non-hydrogen) atoms. The van der Waals surface area contributed by atoms with Gasteiger partial charge in [-0.15, -0.1) is 11.8 Å². The molecule has 0 saturated carbocycles. The topological polar surface area (TPSA) is 87.3 Å². The first kappa shape index (κ1) is 29.0. The predicted molar refractivity (Wildman–Crippen MR) is 164 cm³/mol. The maximum atomic E-state index is 13.3. The van der Waals surface area contributed by atoms with Crippen LogP contribution in [0.25, 0.3) is 6.08 Å². The van der Waals surface area contributed by atoms with Gasteiger partial charge in [-0.1, -0.05) is 59.6 Å². The highest BCUT2D eigenvalue weighted by molar-refractivity contribution is 8.00. The average molecular weight is 591 g/mol. The van der Waals surface area contributed by atoms with E-state index in [0.717, 1.165) is 4.90 Å². The molecule has 0 aromatic heterocycles. The van der Waals surface area contributed by atoms with Crippen LogP contribution >= 0.6 is 35.0 Å². The minimum Gasteiger partial charge on any atom is -0.325 e. The van der Waals surface area contributed by atoms with Crippen molar-refractivity contribution in [2.24, 2.45) is 0 Å². The van der Waals surface area contributed by atoms with Gasteiger partial charge >= 0.3 is 0 Å². The lowest BCUT2D eigenvalue weighted by Gasteiger charge is -2.14. The summed E-state index contributed by atoms with van der Waals surface area (Å²) in [6.45, 7) is 1.80. The Labute approximate surface area is 246 Å². The van der Waals surface area contributed by atoms with E-state index in [2.05, 4.69) is 16.0 Å². The van der Waals surface area contributed by atoms with E-state index in [1.807, 2.05) is 6.07 Å². The van der Waals surface area contributed by atoms with Crippen LogP contribution in [-0.4, -0.2) is 23.0 Å². The summed E-state index contributed by atoms with van der Waals surface area (Å²) >= 11 is 13.3. The van der Waals surface area contributed by atoms with Crippen LogP contribution in [0.1, 0.15) is 22.8 Å². The minimum absolute atomic E-state index is 0.0601. The number of hydrogen-bond acceptors (Lipinski definition) is 4. The Morgan fingerprint density at radius 3 is 2.08 bits per heavy atom. The minimum atomic E-state index is -0.505. The molecule has 0 saturated heterocycles. The zero-order chi connectivity index (χ0) is 28.5. The first-order valence-corrected chi connectivity index (χ1v) is 13.9. The quantitative estimate of drug-likeness (QED) is 0.139. The first-order valence-electron chi connectivity index (χ1n) is 12.2. The number of benzene rings is 4. The molecule has 0 aliphatic rings. The second-order valence-corrected chi connectivity index (χ2v) is 11.0. The van der Waals surface area contributed by atoms with E-state index in [4.69, 9.17) is 23.2 Å². The van der Waals surface area contributed by atoms with Gasteiger partial charge in [0.1, 0.15) is 5.70 Å². The molecule has 0 aliphatic heterocycles. The lowest BCUT2D eigenvalue weighted by atomic mass is 10.1. The smallest absolute Gasteiger partial charge is 0.272 e. The third-order valence-electron chi connectivity index (χ3n) is 5.60. The van der Waals surface area contributed by atoms with E-state index in [-0.39, 0.29) is 11.6 Å². The fraction of sp³-hybridized carbons (Fsp3) is 0.0645. The molecule has 4 aromatic rings. The van der Waals surface area contributed by atoms with E-state index < -0.39 is 17.1 Å². The van der Waals surface area contributed by atoms with Crippen LogP contribution in [0, 0.1) is 0 Å². The predicted octanol–water partition coefficient (Wildman–Crippen LogP) is 7.52. The van der Waals surface area contributed by atoms with Gasteiger partial charge in [0.2, 0.25) is 5.91 Å². The fourth-order valence-corrected chi connectivity index (χ4v) is 4.73. The van der Waals surface area contributed by atoms with Gasteiger partial charge in [0.05, 0.1) is 5.25 Å². The molecule has 9 heteroatoms. The average Bonchev–Trinajstić information content (AvgIpc) is 2.95. The van der Waals surface area contributed by atoms with Gasteiger partial charge in [0.25, 0.3) is 11.8 Å². The summed E-state index contributed by atoms with van der Waals surface area (Å²) in [6.07, 6.45) is 1.58. The van der Waals surface area contributed by atoms with Crippen molar-refractivity contribution in [2.75, 3.05) is 10.6 Å². The number of thioether (sulfide) groups is 1. The number of rotatable bonds is 9. The number of hydrogen-bond donors (Lipinski definition) is 3. The Hall–Kier alpha value is -4.04. The Morgan fingerprint density at radius 2 is 1.40 bits per heavy atom. The van der Waals surface area contributed by atoms with E-state index in [0.29, 0.717) is 32.5 Å².